The van der Waals surface area contributed by atoms with Gasteiger partial charge in [-0.05, 0) is 38.1 Å². The van der Waals surface area contributed by atoms with Crippen LogP contribution in [0.25, 0.3) is 16.7 Å². The summed E-state index contributed by atoms with van der Waals surface area (Å²) >= 11 is 0. The maximum Gasteiger partial charge on any atom is 0.260 e. The zero-order chi connectivity index (χ0) is 22.0. The molecule has 0 atom stereocenters. The average Bonchev–Trinajstić information content (AvgIpc) is 3.07. The summed E-state index contributed by atoms with van der Waals surface area (Å²) in [6, 6.07) is 9.21. The molecule has 0 spiro atoms. The number of nitrogens with two attached hydrogens (primary N) is 1. The van der Waals surface area contributed by atoms with Gasteiger partial charge in [0.05, 0.1) is 11.1 Å². The Bertz CT molecular complexity index is 1230. The fourth-order valence-electron chi connectivity index (χ4n) is 3.52. The van der Waals surface area contributed by atoms with Gasteiger partial charge in [0.1, 0.15) is 17.4 Å². The van der Waals surface area contributed by atoms with Crippen LogP contribution in [0.2, 0.25) is 0 Å². The Morgan fingerprint density at radius 3 is 2.74 bits per heavy atom. The number of benzene rings is 1. The zero-order valence-electron chi connectivity index (χ0n) is 17.1. The highest BCUT2D eigenvalue weighted by Crippen LogP contribution is 2.42. The van der Waals surface area contributed by atoms with Crippen molar-refractivity contribution in [2.45, 2.75) is 25.9 Å². The van der Waals surface area contributed by atoms with E-state index in [0.717, 1.165) is 11.3 Å². The van der Waals surface area contributed by atoms with E-state index in [-0.39, 0.29) is 17.0 Å². The Balaban J connectivity index is 1.77. The molecule has 0 fully saturated rings. The molecular formula is C23H20N6O2. The van der Waals surface area contributed by atoms with Crippen molar-refractivity contribution in [2.75, 3.05) is 5.32 Å². The number of amides is 1. The molecule has 3 heterocycles. The minimum Gasteiger partial charge on any atom is -0.487 e. The van der Waals surface area contributed by atoms with Crippen LogP contribution in [0.1, 0.15) is 30.8 Å². The molecule has 0 aliphatic carbocycles. The van der Waals surface area contributed by atoms with E-state index >= 15 is 0 Å². The quantitative estimate of drug-likeness (QED) is 0.631. The fourth-order valence-corrected chi connectivity index (χ4v) is 3.52. The number of anilines is 1. The van der Waals surface area contributed by atoms with Crippen LogP contribution in [-0.2, 0) is 11.2 Å². The second-order valence-corrected chi connectivity index (χ2v) is 7.73. The number of pyridine rings is 1. The lowest BCUT2D eigenvalue weighted by Gasteiger charge is -2.17. The number of hydrogen-bond donors (Lipinski definition) is 2. The van der Waals surface area contributed by atoms with E-state index in [1.807, 2.05) is 26.0 Å². The van der Waals surface area contributed by atoms with Gasteiger partial charge in [-0.15, -0.1) is 0 Å². The van der Waals surface area contributed by atoms with Gasteiger partial charge >= 0.3 is 0 Å². The monoisotopic (exact) mass is 412 g/mol. The molecule has 1 aliphatic rings. The molecule has 0 saturated carbocycles. The van der Waals surface area contributed by atoms with Gasteiger partial charge in [-0.3, -0.25) is 9.78 Å². The topological polar surface area (TPSA) is 127 Å². The third kappa shape index (κ3) is 4.07. The first-order valence-corrected chi connectivity index (χ1v) is 9.62. The van der Waals surface area contributed by atoms with Crippen LogP contribution in [0, 0.1) is 11.3 Å². The first-order chi connectivity index (χ1) is 14.9. The fraction of sp³-hybridized carbons (Fsp3) is 0.174. The molecule has 0 bridgehead atoms. The third-order valence-corrected chi connectivity index (χ3v) is 4.85. The minimum absolute atomic E-state index is 0.146. The van der Waals surface area contributed by atoms with Gasteiger partial charge in [0.25, 0.3) is 5.91 Å². The largest absolute Gasteiger partial charge is 0.487 e. The second-order valence-electron chi connectivity index (χ2n) is 7.73. The van der Waals surface area contributed by atoms with Crippen LogP contribution in [0.5, 0.6) is 5.75 Å². The number of nitriles is 1. The normalized spacial score (nSPS) is 14.3. The highest BCUT2D eigenvalue weighted by Gasteiger charge is 2.31. The highest BCUT2D eigenvalue weighted by atomic mass is 16.5. The van der Waals surface area contributed by atoms with Crippen LogP contribution < -0.4 is 15.8 Å². The summed E-state index contributed by atoms with van der Waals surface area (Å²) in [6.07, 6.45) is 8.08. The molecule has 3 aromatic rings. The maximum absolute atomic E-state index is 13.0. The number of nitrogens with zero attached hydrogens (tertiary/aromatic N) is 4. The Labute approximate surface area is 179 Å². The standard InChI is InChI=1S/C23H20N6O2/c1-23(2)9-15-7-19(29-22(30)18(11-25)21-27-4-3-5-28-21)17(8-20(15)31-23)16-6-14(10-24)12-26-13-16/h3-8,11-13H,9,25H2,1-2H3,(H,29,30). The summed E-state index contributed by atoms with van der Waals surface area (Å²) < 4.78 is 6.06. The van der Waals surface area contributed by atoms with Gasteiger partial charge < -0.3 is 15.8 Å². The first-order valence-electron chi connectivity index (χ1n) is 9.62. The van der Waals surface area contributed by atoms with Crippen molar-refractivity contribution in [2.24, 2.45) is 5.73 Å². The number of carbonyl (C=O) groups is 1. The summed E-state index contributed by atoms with van der Waals surface area (Å²) in [4.78, 5) is 25.4. The summed E-state index contributed by atoms with van der Waals surface area (Å²) in [6.45, 7) is 4.01. The van der Waals surface area contributed by atoms with Crippen LogP contribution >= 0.6 is 0 Å². The number of carbonyl (C=O) groups excluding carboxylic acids is 1. The van der Waals surface area contributed by atoms with E-state index in [1.165, 1.54) is 12.4 Å². The predicted molar refractivity (Wildman–Crippen MR) is 116 cm³/mol. The highest BCUT2D eigenvalue weighted by molar-refractivity contribution is 6.24. The summed E-state index contributed by atoms with van der Waals surface area (Å²) in [5.41, 5.74) is 8.80. The number of rotatable bonds is 4. The maximum atomic E-state index is 13.0. The molecule has 1 aromatic carbocycles. The molecule has 1 aliphatic heterocycles. The van der Waals surface area contributed by atoms with E-state index in [0.29, 0.717) is 28.8 Å². The molecule has 8 heteroatoms. The van der Waals surface area contributed by atoms with Crippen LogP contribution in [0.15, 0.2) is 55.3 Å². The van der Waals surface area contributed by atoms with E-state index in [4.69, 9.17) is 10.5 Å². The van der Waals surface area contributed by atoms with Gasteiger partial charge in [-0.25, -0.2) is 9.97 Å². The Morgan fingerprint density at radius 2 is 2.03 bits per heavy atom. The summed E-state index contributed by atoms with van der Waals surface area (Å²) in [7, 11) is 0. The van der Waals surface area contributed by atoms with Gasteiger partial charge in [0.15, 0.2) is 5.82 Å². The molecule has 154 valence electrons. The Hall–Kier alpha value is -4.25. The van der Waals surface area contributed by atoms with Crippen molar-refractivity contribution in [1.29, 1.82) is 5.26 Å². The number of hydrogen-bond acceptors (Lipinski definition) is 7. The second kappa shape index (κ2) is 7.88. The van der Waals surface area contributed by atoms with Crippen molar-refractivity contribution in [3.8, 4) is 22.9 Å². The Kier molecular flexibility index (Phi) is 5.09. The van der Waals surface area contributed by atoms with Gasteiger partial charge in [-0.1, -0.05) is 0 Å². The molecule has 4 rings (SSSR count). The van der Waals surface area contributed by atoms with E-state index < -0.39 is 5.91 Å². The van der Waals surface area contributed by atoms with Crippen LogP contribution in [0.3, 0.4) is 0 Å². The molecule has 8 nitrogen and oxygen atoms in total. The lowest BCUT2D eigenvalue weighted by Crippen LogP contribution is -2.24. The SMILES string of the molecule is CC1(C)Cc2cc(NC(=O)C(=CN)c3ncccn3)c(-c3cncc(C#N)c3)cc2O1. The van der Waals surface area contributed by atoms with Crippen LogP contribution in [-0.4, -0.2) is 26.5 Å². The Morgan fingerprint density at radius 1 is 1.26 bits per heavy atom. The van der Waals surface area contributed by atoms with Gasteiger partial charge in [0.2, 0.25) is 0 Å². The summed E-state index contributed by atoms with van der Waals surface area (Å²) in [5, 5.41) is 12.2. The number of nitrogens with one attached hydrogen (secondary N) is 1. The van der Waals surface area contributed by atoms with E-state index in [1.54, 1.807) is 30.7 Å². The van der Waals surface area contributed by atoms with Gasteiger partial charge in [0, 0.05) is 59.8 Å². The van der Waals surface area contributed by atoms with E-state index in [2.05, 4.69) is 26.3 Å². The van der Waals surface area contributed by atoms with Crippen LogP contribution in [0.4, 0.5) is 5.69 Å². The minimum atomic E-state index is -0.447. The van der Waals surface area contributed by atoms with Crippen molar-refractivity contribution in [3.63, 3.8) is 0 Å². The number of aromatic nitrogens is 3. The summed E-state index contributed by atoms with van der Waals surface area (Å²) in [5.74, 6) is 0.515. The zero-order valence-corrected chi connectivity index (χ0v) is 17.1. The number of ether oxygens (including phenoxy) is 1. The number of fused-ring (bicyclic) bond motifs is 1. The van der Waals surface area contributed by atoms with Crippen molar-refractivity contribution in [3.05, 3.63) is 72.2 Å². The first kappa shape index (κ1) is 20.0. The predicted octanol–water partition coefficient (Wildman–Crippen LogP) is 3.06. The smallest absolute Gasteiger partial charge is 0.260 e. The van der Waals surface area contributed by atoms with Gasteiger partial charge in [-0.2, -0.15) is 5.26 Å². The molecule has 0 radical (unpaired) electrons. The lowest BCUT2D eigenvalue weighted by molar-refractivity contribution is -0.111. The average molecular weight is 412 g/mol. The molecule has 2 aromatic heterocycles. The third-order valence-electron chi connectivity index (χ3n) is 4.85. The molecular weight excluding hydrogens is 392 g/mol. The van der Waals surface area contributed by atoms with E-state index in [9.17, 15) is 10.1 Å². The van der Waals surface area contributed by atoms with Crippen molar-refractivity contribution in [1.82, 2.24) is 15.0 Å². The molecule has 31 heavy (non-hydrogen) atoms. The molecule has 0 saturated heterocycles. The lowest BCUT2D eigenvalue weighted by atomic mass is 9.97. The molecule has 3 N–H and O–H groups in total. The molecule has 0 unspecified atom stereocenters. The van der Waals surface area contributed by atoms with Crippen molar-refractivity contribution < 1.29 is 9.53 Å². The molecule has 1 amide bonds. The van der Waals surface area contributed by atoms with Crippen molar-refractivity contribution >= 4 is 17.2 Å².